The minimum absolute atomic E-state index is 0.0136. The number of hydrogen-bond donors (Lipinski definition) is 3. The molecule has 0 radical (unpaired) electrons. The number of hydrogen-bond acceptors (Lipinski definition) is 6. The zero-order chi connectivity index (χ0) is 22.2. The van der Waals surface area contributed by atoms with Crippen LogP contribution in [0.4, 0.5) is 0 Å². The highest BCUT2D eigenvalue weighted by Crippen LogP contribution is 2.31. The van der Waals surface area contributed by atoms with Gasteiger partial charge in [-0.15, -0.1) is 0 Å². The highest BCUT2D eigenvalue weighted by atomic mass is 16.7. The summed E-state index contributed by atoms with van der Waals surface area (Å²) in [5, 5.41) is 11.7. The van der Waals surface area contributed by atoms with E-state index in [4.69, 9.17) is 19.3 Å². The number of ether oxygens (including phenoxy) is 3. The Balaban J connectivity index is 1.41. The molecule has 32 heavy (non-hydrogen) atoms. The number of benzene rings is 2. The van der Waals surface area contributed by atoms with Crippen LogP contribution in [0.25, 0.3) is 11.0 Å². The van der Waals surface area contributed by atoms with Crippen LogP contribution in [0.3, 0.4) is 0 Å². The lowest BCUT2D eigenvalue weighted by Crippen LogP contribution is -2.33. The number of aromatic nitrogens is 2. The Morgan fingerprint density at radius 2 is 1.94 bits per heavy atom. The lowest BCUT2D eigenvalue weighted by atomic mass is 9.93. The van der Waals surface area contributed by atoms with Crippen molar-refractivity contribution in [1.82, 2.24) is 15.3 Å². The number of aliphatic hydroxyl groups excluding tert-OH is 1. The Kier molecular flexibility index (Phi) is 7.50. The number of nitrogens with one attached hydrogen (secondary N) is 2. The molecule has 8 nitrogen and oxygen atoms in total. The predicted octanol–water partition coefficient (Wildman–Crippen LogP) is 2.62. The number of aliphatic hydroxyl groups is 1. The summed E-state index contributed by atoms with van der Waals surface area (Å²) >= 11 is 0. The summed E-state index contributed by atoms with van der Waals surface area (Å²) in [5.74, 6) is 0.559. The molecule has 3 N–H and O–H groups in total. The first-order valence-electron chi connectivity index (χ1n) is 10.7. The average molecular weight is 437 g/mol. The SMILES string of the molecule is O=C(NCc1nc2ccccc2[nH]1)C1=C[C@@H](c2ccccc2)C[C@@H](OCCOCCO)O1. The Hall–Kier alpha value is -3.20. The number of carbonyl (C=O) groups excluding carboxylic acids is 1. The molecule has 1 aliphatic rings. The van der Waals surface area contributed by atoms with E-state index >= 15 is 0 Å². The zero-order valence-corrected chi connectivity index (χ0v) is 17.7. The number of rotatable bonds is 10. The van der Waals surface area contributed by atoms with Crippen molar-refractivity contribution in [2.45, 2.75) is 25.2 Å². The maximum atomic E-state index is 12.9. The third-order valence-corrected chi connectivity index (χ3v) is 5.13. The second-order valence-corrected chi connectivity index (χ2v) is 7.42. The van der Waals surface area contributed by atoms with Gasteiger partial charge in [0, 0.05) is 12.3 Å². The van der Waals surface area contributed by atoms with Gasteiger partial charge in [0.2, 0.25) is 6.29 Å². The summed E-state index contributed by atoms with van der Waals surface area (Å²) in [6, 6.07) is 17.7. The Morgan fingerprint density at radius 3 is 2.75 bits per heavy atom. The highest BCUT2D eigenvalue weighted by Gasteiger charge is 2.28. The number of fused-ring (bicyclic) bond motifs is 1. The van der Waals surface area contributed by atoms with Crippen LogP contribution in [0.1, 0.15) is 23.7 Å². The van der Waals surface area contributed by atoms with Gasteiger partial charge in [-0.3, -0.25) is 4.79 Å². The van der Waals surface area contributed by atoms with Crippen molar-refractivity contribution in [3.8, 4) is 0 Å². The van der Waals surface area contributed by atoms with Gasteiger partial charge in [-0.05, 0) is 23.8 Å². The normalized spacial score (nSPS) is 18.2. The van der Waals surface area contributed by atoms with Gasteiger partial charge in [-0.2, -0.15) is 0 Å². The van der Waals surface area contributed by atoms with Gasteiger partial charge >= 0.3 is 0 Å². The molecule has 0 fully saturated rings. The first-order chi connectivity index (χ1) is 15.7. The van der Waals surface area contributed by atoms with Gasteiger partial charge in [0.05, 0.1) is 44.0 Å². The van der Waals surface area contributed by atoms with E-state index in [1.54, 1.807) is 0 Å². The maximum absolute atomic E-state index is 12.9. The molecule has 2 heterocycles. The van der Waals surface area contributed by atoms with Gasteiger partial charge in [-0.1, -0.05) is 42.5 Å². The van der Waals surface area contributed by atoms with E-state index in [0.29, 0.717) is 25.5 Å². The smallest absolute Gasteiger partial charge is 0.286 e. The second kappa shape index (κ2) is 10.9. The Bertz CT molecular complexity index is 1020. The molecule has 0 aliphatic carbocycles. The van der Waals surface area contributed by atoms with Crippen LogP contribution in [0.15, 0.2) is 66.4 Å². The minimum atomic E-state index is -0.574. The first-order valence-corrected chi connectivity index (χ1v) is 10.7. The van der Waals surface area contributed by atoms with Crippen LogP contribution in [0, 0.1) is 0 Å². The summed E-state index contributed by atoms with van der Waals surface area (Å²) in [4.78, 5) is 20.6. The molecule has 0 unspecified atom stereocenters. The van der Waals surface area contributed by atoms with Crippen LogP contribution in [-0.4, -0.2) is 53.7 Å². The van der Waals surface area contributed by atoms with Crippen molar-refractivity contribution in [2.24, 2.45) is 0 Å². The van der Waals surface area contributed by atoms with Crippen LogP contribution < -0.4 is 5.32 Å². The van der Waals surface area contributed by atoms with E-state index in [9.17, 15) is 4.79 Å². The molecule has 0 bridgehead atoms. The fourth-order valence-corrected chi connectivity index (χ4v) is 3.60. The fourth-order valence-electron chi connectivity index (χ4n) is 3.60. The van der Waals surface area contributed by atoms with E-state index in [-0.39, 0.29) is 37.3 Å². The molecular formula is C24H27N3O5. The average Bonchev–Trinajstić information content (AvgIpc) is 3.26. The molecule has 168 valence electrons. The third-order valence-electron chi connectivity index (χ3n) is 5.13. The van der Waals surface area contributed by atoms with Gasteiger partial charge in [0.15, 0.2) is 5.76 Å². The fraction of sp³-hybridized carbons (Fsp3) is 0.333. The molecule has 2 aromatic carbocycles. The first kappa shape index (κ1) is 22.0. The quantitative estimate of drug-likeness (QED) is 0.421. The lowest BCUT2D eigenvalue weighted by molar-refractivity contribution is -0.151. The summed E-state index contributed by atoms with van der Waals surface area (Å²) < 4.78 is 16.9. The molecule has 4 rings (SSSR count). The molecule has 1 aromatic heterocycles. The molecule has 1 amide bonds. The maximum Gasteiger partial charge on any atom is 0.286 e. The van der Waals surface area contributed by atoms with E-state index in [2.05, 4.69) is 15.3 Å². The van der Waals surface area contributed by atoms with Gasteiger partial charge in [0.1, 0.15) is 5.82 Å². The zero-order valence-electron chi connectivity index (χ0n) is 17.7. The van der Waals surface area contributed by atoms with Crippen molar-refractivity contribution in [1.29, 1.82) is 0 Å². The molecule has 0 saturated carbocycles. The van der Waals surface area contributed by atoms with E-state index in [1.807, 2.05) is 60.7 Å². The van der Waals surface area contributed by atoms with Crippen LogP contribution in [-0.2, 0) is 25.5 Å². The Labute approximate surface area is 186 Å². The van der Waals surface area contributed by atoms with Crippen molar-refractivity contribution in [3.05, 3.63) is 77.8 Å². The Morgan fingerprint density at radius 1 is 1.12 bits per heavy atom. The molecule has 3 aromatic rings. The van der Waals surface area contributed by atoms with Gasteiger partial charge in [-0.25, -0.2) is 4.98 Å². The summed E-state index contributed by atoms with van der Waals surface area (Å²) in [6.07, 6.45) is 1.85. The summed E-state index contributed by atoms with van der Waals surface area (Å²) in [7, 11) is 0. The van der Waals surface area contributed by atoms with E-state index < -0.39 is 6.29 Å². The van der Waals surface area contributed by atoms with Crippen LogP contribution >= 0.6 is 0 Å². The van der Waals surface area contributed by atoms with E-state index in [0.717, 1.165) is 16.6 Å². The van der Waals surface area contributed by atoms with Crippen LogP contribution in [0.5, 0.6) is 0 Å². The van der Waals surface area contributed by atoms with Crippen molar-refractivity contribution < 1.29 is 24.1 Å². The summed E-state index contributed by atoms with van der Waals surface area (Å²) in [6.45, 7) is 1.13. The monoisotopic (exact) mass is 437 g/mol. The minimum Gasteiger partial charge on any atom is -0.459 e. The molecule has 2 atom stereocenters. The largest absolute Gasteiger partial charge is 0.459 e. The predicted molar refractivity (Wildman–Crippen MR) is 119 cm³/mol. The lowest BCUT2D eigenvalue weighted by Gasteiger charge is -2.29. The van der Waals surface area contributed by atoms with Crippen LogP contribution in [0.2, 0.25) is 0 Å². The standard InChI is InChI=1S/C24H27N3O5/c28-10-11-30-12-13-31-23-15-18(17-6-2-1-3-7-17)14-21(32-23)24(29)25-16-22-26-19-8-4-5-9-20(19)27-22/h1-9,14,18,23,28H,10-13,15-16H2,(H,25,29)(H,26,27)/t18-,23+/m1/s1. The number of H-pyrrole nitrogens is 1. The second-order valence-electron chi connectivity index (χ2n) is 7.42. The topological polar surface area (TPSA) is 106 Å². The van der Waals surface area contributed by atoms with Crippen molar-refractivity contribution in [3.63, 3.8) is 0 Å². The molecule has 0 saturated heterocycles. The van der Waals surface area contributed by atoms with Crippen molar-refractivity contribution in [2.75, 3.05) is 26.4 Å². The molecule has 0 spiro atoms. The number of para-hydroxylation sites is 2. The number of imidazole rings is 1. The highest BCUT2D eigenvalue weighted by molar-refractivity contribution is 5.91. The molecular weight excluding hydrogens is 410 g/mol. The van der Waals surface area contributed by atoms with E-state index in [1.165, 1.54) is 0 Å². The number of aromatic amines is 1. The number of amides is 1. The summed E-state index contributed by atoms with van der Waals surface area (Å²) in [5.41, 5.74) is 2.86. The number of allylic oxidation sites excluding steroid dienone is 1. The molecule has 1 aliphatic heterocycles. The van der Waals surface area contributed by atoms with Gasteiger partial charge < -0.3 is 29.6 Å². The van der Waals surface area contributed by atoms with Crippen molar-refractivity contribution >= 4 is 16.9 Å². The third kappa shape index (κ3) is 5.73. The number of nitrogens with zero attached hydrogens (tertiary/aromatic N) is 1. The molecule has 8 heteroatoms. The number of carbonyl (C=O) groups is 1. The van der Waals surface area contributed by atoms with Gasteiger partial charge in [0.25, 0.3) is 5.91 Å².